The van der Waals surface area contributed by atoms with E-state index in [0.29, 0.717) is 11.6 Å². The Bertz CT molecular complexity index is 690. The molecule has 0 aliphatic rings. The van der Waals surface area contributed by atoms with Crippen molar-refractivity contribution in [2.45, 2.75) is 43.4 Å². The number of carbonyl (C=O) groups is 1. The predicted octanol–water partition coefficient (Wildman–Crippen LogP) is 5.10. The zero-order valence-electron chi connectivity index (χ0n) is 14.8. The molecule has 0 aromatic heterocycles. The smallest absolute Gasteiger partial charge is 0.233 e. The molecule has 0 saturated carbocycles. The van der Waals surface area contributed by atoms with Crippen LogP contribution >= 0.6 is 23.4 Å². The molecule has 3 nitrogen and oxygen atoms in total. The molecule has 1 amide bonds. The Hall–Kier alpha value is -1.65. The van der Waals surface area contributed by atoms with Gasteiger partial charge < -0.3 is 10.1 Å². The van der Waals surface area contributed by atoms with Crippen LogP contribution in [-0.2, 0) is 4.79 Å². The second-order valence-electron chi connectivity index (χ2n) is 5.95. The molecule has 0 unspecified atom stereocenters. The van der Waals surface area contributed by atoms with E-state index >= 15 is 0 Å². The second-order valence-corrected chi connectivity index (χ2v) is 7.67. The third kappa shape index (κ3) is 6.29. The van der Waals surface area contributed by atoms with Gasteiger partial charge in [0, 0.05) is 9.92 Å². The first-order valence-electron chi connectivity index (χ1n) is 8.40. The van der Waals surface area contributed by atoms with Gasteiger partial charge in [-0.2, -0.15) is 0 Å². The number of thioether (sulfide) groups is 1. The lowest BCUT2D eigenvalue weighted by Crippen LogP contribution is -2.41. The summed E-state index contributed by atoms with van der Waals surface area (Å²) in [5.74, 6) is 0.884. The predicted molar refractivity (Wildman–Crippen MR) is 106 cm³/mol. The highest BCUT2D eigenvalue weighted by atomic mass is 35.5. The molecule has 0 spiro atoms. The Kier molecular flexibility index (Phi) is 7.66. The maximum Gasteiger partial charge on any atom is 0.233 e. The molecule has 2 atom stereocenters. The molecule has 25 heavy (non-hydrogen) atoms. The van der Waals surface area contributed by atoms with Gasteiger partial charge in [0.15, 0.2) is 0 Å². The number of ether oxygens (including phenoxy) is 1. The largest absolute Gasteiger partial charge is 0.491 e. The number of hydrogen-bond acceptors (Lipinski definition) is 3. The van der Waals surface area contributed by atoms with Gasteiger partial charge in [0.1, 0.15) is 12.4 Å². The zero-order chi connectivity index (χ0) is 18.2. The van der Waals surface area contributed by atoms with E-state index in [1.165, 1.54) is 0 Å². The summed E-state index contributed by atoms with van der Waals surface area (Å²) in [4.78, 5) is 13.6. The van der Waals surface area contributed by atoms with Crippen LogP contribution in [-0.4, -0.2) is 23.8 Å². The van der Waals surface area contributed by atoms with E-state index in [4.69, 9.17) is 16.3 Å². The van der Waals surface area contributed by atoms with Crippen LogP contribution in [0, 0.1) is 6.92 Å². The van der Waals surface area contributed by atoms with Gasteiger partial charge in [-0.3, -0.25) is 4.79 Å². The fraction of sp³-hybridized carbons (Fsp3) is 0.350. The Labute approximate surface area is 159 Å². The minimum atomic E-state index is -0.137. The quantitative estimate of drug-likeness (QED) is 0.650. The van der Waals surface area contributed by atoms with Gasteiger partial charge in [0.2, 0.25) is 5.91 Å². The van der Waals surface area contributed by atoms with E-state index in [-0.39, 0.29) is 17.2 Å². The molecule has 0 aliphatic heterocycles. The van der Waals surface area contributed by atoms with Gasteiger partial charge in [0.05, 0.1) is 11.3 Å². The van der Waals surface area contributed by atoms with Gasteiger partial charge in [-0.25, -0.2) is 0 Å². The minimum Gasteiger partial charge on any atom is -0.491 e. The standard InChI is InChI=1S/C20H24ClNO2S/c1-4-19(25-17-11-9-16(21)10-12-17)20(23)22-15(3)13-24-18-8-6-5-7-14(18)2/h5-12,15,19H,4,13H2,1-3H3,(H,22,23)/t15-,19+/m1/s1. The van der Waals surface area contributed by atoms with Gasteiger partial charge >= 0.3 is 0 Å². The summed E-state index contributed by atoms with van der Waals surface area (Å²) in [6, 6.07) is 15.4. The summed E-state index contributed by atoms with van der Waals surface area (Å²) in [7, 11) is 0. The van der Waals surface area contributed by atoms with E-state index in [9.17, 15) is 4.79 Å². The molecule has 1 N–H and O–H groups in total. The molecule has 0 fully saturated rings. The van der Waals surface area contributed by atoms with Crippen LogP contribution in [0.1, 0.15) is 25.8 Å². The molecule has 0 bridgehead atoms. The average molecular weight is 378 g/mol. The zero-order valence-corrected chi connectivity index (χ0v) is 16.4. The van der Waals surface area contributed by atoms with Gasteiger partial charge in [0.25, 0.3) is 0 Å². The van der Waals surface area contributed by atoms with Crippen molar-refractivity contribution < 1.29 is 9.53 Å². The third-order valence-corrected chi connectivity index (χ3v) is 5.35. The van der Waals surface area contributed by atoms with E-state index in [1.54, 1.807) is 11.8 Å². The Morgan fingerprint density at radius 1 is 1.20 bits per heavy atom. The number of carbonyl (C=O) groups excluding carboxylic acids is 1. The summed E-state index contributed by atoms with van der Waals surface area (Å²) in [5, 5.41) is 3.60. The van der Waals surface area contributed by atoms with Gasteiger partial charge in [-0.15, -0.1) is 11.8 Å². The lowest BCUT2D eigenvalue weighted by Gasteiger charge is -2.20. The fourth-order valence-electron chi connectivity index (χ4n) is 2.31. The number of aryl methyl sites for hydroxylation is 1. The summed E-state index contributed by atoms with van der Waals surface area (Å²) < 4.78 is 5.81. The first kappa shape index (κ1) is 19.7. The van der Waals surface area contributed by atoms with Crippen molar-refractivity contribution in [2.24, 2.45) is 0 Å². The number of rotatable bonds is 8. The normalized spacial score (nSPS) is 13.1. The molecule has 0 radical (unpaired) electrons. The Balaban J connectivity index is 1.85. The fourth-order valence-corrected chi connectivity index (χ4v) is 3.40. The lowest BCUT2D eigenvalue weighted by atomic mass is 10.2. The average Bonchev–Trinajstić information content (AvgIpc) is 2.60. The van der Waals surface area contributed by atoms with Crippen LogP contribution in [0.25, 0.3) is 0 Å². The molecule has 134 valence electrons. The van der Waals surface area contributed by atoms with Crippen LogP contribution in [0.2, 0.25) is 5.02 Å². The Morgan fingerprint density at radius 3 is 2.52 bits per heavy atom. The highest BCUT2D eigenvalue weighted by molar-refractivity contribution is 8.00. The van der Waals surface area contributed by atoms with Crippen LogP contribution in [0.4, 0.5) is 0 Å². The third-order valence-electron chi connectivity index (χ3n) is 3.73. The van der Waals surface area contributed by atoms with Crippen molar-refractivity contribution in [1.29, 1.82) is 0 Å². The number of halogens is 1. The summed E-state index contributed by atoms with van der Waals surface area (Å²) in [5.41, 5.74) is 1.09. The first-order valence-corrected chi connectivity index (χ1v) is 9.66. The number of benzene rings is 2. The summed E-state index contributed by atoms with van der Waals surface area (Å²) in [6.07, 6.45) is 0.754. The van der Waals surface area contributed by atoms with Crippen LogP contribution in [0.3, 0.4) is 0 Å². The summed E-state index contributed by atoms with van der Waals surface area (Å²) in [6.45, 7) is 6.42. The van der Waals surface area contributed by atoms with E-state index in [1.807, 2.05) is 69.3 Å². The van der Waals surface area contributed by atoms with Crippen LogP contribution < -0.4 is 10.1 Å². The molecule has 2 aromatic rings. The molecular weight excluding hydrogens is 354 g/mol. The van der Waals surface area contributed by atoms with Crippen molar-refractivity contribution in [1.82, 2.24) is 5.32 Å². The number of nitrogens with one attached hydrogen (secondary N) is 1. The maximum absolute atomic E-state index is 12.5. The number of amides is 1. The minimum absolute atomic E-state index is 0.0309. The molecule has 0 aliphatic carbocycles. The van der Waals surface area contributed by atoms with Crippen molar-refractivity contribution >= 4 is 29.3 Å². The topological polar surface area (TPSA) is 38.3 Å². The lowest BCUT2D eigenvalue weighted by molar-refractivity contribution is -0.121. The van der Waals surface area contributed by atoms with E-state index in [2.05, 4.69) is 5.32 Å². The van der Waals surface area contributed by atoms with Crippen LogP contribution in [0.5, 0.6) is 5.75 Å². The van der Waals surface area contributed by atoms with E-state index < -0.39 is 0 Å². The number of hydrogen-bond donors (Lipinski definition) is 1. The number of para-hydroxylation sites is 1. The first-order chi connectivity index (χ1) is 12.0. The summed E-state index contributed by atoms with van der Waals surface area (Å²) >= 11 is 7.46. The van der Waals surface area contributed by atoms with Crippen molar-refractivity contribution in [3.8, 4) is 5.75 Å². The van der Waals surface area contributed by atoms with Gasteiger partial charge in [-0.05, 0) is 56.2 Å². The Morgan fingerprint density at radius 2 is 1.88 bits per heavy atom. The van der Waals surface area contributed by atoms with Crippen molar-refractivity contribution in [3.63, 3.8) is 0 Å². The molecule has 0 saturated heterocycles. The molecule has 0 heterocycles. The maximum atomic E-state index is 12.5. The second kappa shape index (κ2) is 9.73. The highest BCUT2D eigenvalue weighted by Crippen LogP contribution is 2.27. The van der Waals surface area contributed by atoms with Crippen LogP contribution in [0.15, 0.2) is 53.4 Å². The molecule has 2 rings (SSSR count). The molecule has 5 heteroatoms. The molecular formula is C20H24ClNO2S. The van der Waals surface area contributed by atoms with Crippen molar-refractivity contribution in [3.05, 3.63) is 59.1 Å². The van der Waals surface area contributed by atoms with Gasteiger partial charge in [-0.1, -0.05) is 36.7 Å². The van der Waals surface area contributed by atoms with E-state index in [0.717, 1.165) is 22.6 Å². The monoisotopic (exact) mass is 377 g/mol. The SMILES string of the molecule is CC[C@H](Sc1ccc(Cl)cc1)C(=O)N[C@H](C)COc1ccccc1C. The highest BCUT2D eigenvalue weighted by Gasteiger charge is 2.20. The molecule has 2 aromatic carbocycles. The van der Waals surface area contributed by atoms with Crippen molar-refractivity contribution in [2.75, 3.05) is 6.61 Å².